The molecule has 0 spiro atoms. The summed E-state index contributed by atoms with van der Waals surface area (Å²) in [6.07, 6.45) is 0. The van der Waals surface area contributed by atoms with Crippen LogP contribution in [-0.2, 0) is 0 Å². The number of imidazole rings is 1. The van der Waals surface area contributed by atoms with Crippen LogP contribution in [-0.4, -0.2) is 21.4 Å². The van der Waals surface area contributed by atoms with E-state index in [1.165, 1.54) is 0 Å². The molecule has 1 aliphatic heterocycles. The molecule has 0 bridgehead atoms. The predicted octanol–water partition coefficient (Wildman–Crippen LogP) is 1.86. The second-order valence-corrected chi connectivity index (χ2v) is 5.06. The maximum Gasteiger partial charge on any atom is 0.231 e. The molecule has 4 rings (SSSR count). The third-order valence-electron chi connectivity index (χ3n) is 3.46. The molecule has 0 unspecified atom stereocenters. The molecule has 0 saturated heterocycles. The SMILES string of the molecule is C=c1c(C(C)C)nn2c1nc1cc3c(cc12)OCO3. The van der Waals surface area contributed by atoms with Crippen LogP contribution in [0.3, 0.4) is 0 Å². The molecule has 0 saturated carbocycles. The van der Waals surface area contributed by atoms with Crippen molar-refractivity contribution in [2.45, 2.75) is 19.8 Å². The zero-order chi connectivity index (χ0) is 13.1. The molecule has 0 fully saturated rings. The Morgan fingerprint density at radius 1 is 1.26 bits per heavy atom. The molecule has 5 nitrogen and oxygen atoms in total. The predicted molar refractivity (Wildman–Crippen MR) is 71.4 cm³/mol. The molecule has 2 aromatic heterocycles. The largest absolute Gasteiger partial charge is 0.454 e. The minimum absolute atomic E-state index is 0.266. The maximum absolute atomic E-state index is 5.40. The van der Waals surface area contributed by atoms with Crippen LogP contribution < -0.4 is 14.7 Å². The van der Waals surface area contributed by atoms with E-state index in [0.717, 1.165) is 39.1 Å². The Balaban J connectivity index is 2.10. The Kier molecular flexibility index (Phi) is 1.88. The molecule has 0 N–H and O–H groups in total. The fourth-order valence-corrected chi connectivity index (χ4v) is 2.50. The van der Waals surface area contributed by atoms with Crippen LogP contribution in [0, 0.1) is 0 Å². The van der Waals surface area contributed by atoms with Gasteiger partial charge >= 0.3 is 0 Å². The molecule has 1 aliphatic rings. The normalized spacial score (nSPS) is 14.1. The summed E-state index contributed by atoms with van der Waals surface area (Å²) in [5.41, 5.74) is 3.58. The van der Waals surface area contributed by atoms with Crippen LogP contribution in [0.25, 0.3) is 23.3 Å². The Morgan fingerprint density at radius 3 is 2.74 bits per heavy atom. The number of benzene rings is 1. The van der Waals surface area contributed by atoms with Crippen LogP contribution in [0.15, 0.2) is 12.1 Å². The van der Waals surface area contributed by atoms with Gasteiger partial charge in [0.1, 0.15) is 0 Å². The van der Waals surface area contributed by atoms with Gasteiger partial charge < -0.3 is 9.47 Å². The van der Waals surface area contributed by atoms with Crippen molar-refractivity contribution in [3.63, 3.8) is 0 Å². The average molecular weight is 255 g/mol. The van der Waals surface area contributed by atoms with Crippen molar-refractivity contribution >= 4 is 23.3 Å². The number of nitrogens with zero attached hydrogens (tertiary/aromatic N) is 3. The number of hydrogen-bond acceptors (Lipinski definition) is 4. The third-order valence-corrected chi connectivity index (χ3v) is 3.46. The van der Waals surface area contributed by atoms with Crippen LogP contribution in [0.5, 0.6) is 11.5 Å². The van der Waals surface area contributed by atoms with Crippen molar-refractivity contribution < 1.29 is 9.47 Å². The van der Waals surface area contributed by atoms with Gasteiger partial charge in [0, 0.05) is 17.4 Å². The molecule has 96 valence electrons. The smallest absolute Gasteiger partial charge is 0.231 e. The molecule has 0 radical (unpaired) electrons. The van der Waals surface area contributed by atoms with E-state index in [2.05, 4.69) is 30.5 Å². The molecule has 3 aromatic rings. The van der Waals surface area contributed by atoms with Gasteiger partial charge in [0.25, 0.3) is 0 Å². The van der Waals surface area contributed by atoms with E-state index >= 15 is 0 Å². The highest BCUT2D eigenvalue weighted by Gasteiger charge is 2.19. The van der Waals surface area contributed by atoms with Crippen molar-refractivity contribution in [1.82, 2.24) is 14.6 Å². The van der Waals surface area contributed by atoms with Crippen molar-refractivity contribution in [2.24, 2.45) is 0 Å². The topological polar surface area (TPSA) is 48.7 Å². The number of aromatic nitrogens is 3. The molecular weight excluding hydrogens is 242 g/mol. The van der Waals surface area contributed by atoms with Gasteiger partial charge in [-0.25, -0.2) is 9.50 Å². The average Bonchev–Trinajstić information content (AvgIpc) is 3.02. The van der Waals surface area contributed by atoms with Crippen molar-refractivity contribution in [3.05, 3.63) is 23.0 Å². The fraction of sp³-hybridized carbons (Fsp3) is 0.286. The first kappa shape index (κ1) is 10.6. The molecular formula is C14H13N3O2. The van der Waals surface area contributed by atoms with E-state index in [1.807, 2.05) is 16.6 Å². The molecule has 1 aromatic carbocycles. The Morgan fingerprint density at radius 2 is 2.00 bits per heavy atom. The van der Waals surface area contributed by atoms with E-state index in [1.54, 1.807) is 0 Å². The lowest BCUT2D eigenvalue weighted by atomic mass is 10.1. The molecule has 19 heavy (non-hydrogen) atoms. The summed E-state index contributed by atoms with van der Waals surface area (Å²) in [5.74, 6) is 1.82. The second-order valence-electron chi connectivity index (χ2n) is 5.06. The van der Waals surface area contributed by atoms with Crippen LogP contribution >= 0.6 is 0 Å². The highest BCUT2D eigenvalue weighted by atomic mass is 16.7. The summed E-state index contributed by atoms with van der Waals surface area (Å²) in [7, 11) is 0. The highest BCUT2D eigenvalue weighted by Crippen LogP contribution is 2.35. The van der Waals surface area contributed by atoms with Gasteiger partial charge in [-0.1, -0.05) is 20.4 Å². The Bertz CT molecular complexity index is 851. The number of rotatable bonds is 1. The van der Waals surface area contributed by atoms with Gasteiger partial charge in [0.2, 0.25) is 6.79 Å². The van der Waals surface area contributed by atoms with Gasteiger partial charge in [0.05, 0.1) is 16.7 Å². The Hall–Kier alpha value is -2.30. The lowest BCUT2D eigenvalue weighted by Gasteiger charge is -1.98. The Labute approximate surface area is 109 Å². The third kappa shape index (κ3) is 1.30. The quantitative estimate of drug-likeness (QED) is 0.666. The summed E-state index contributed by atoms with van der Waals surface area (Å²) < 4.78 is 12.6. The first-order valence-corrected chi connectivity index (χ1v) is 6.26. The van der Waals surface area contributed by atoms with E-state index in [9.17, 15) is 0 Å². The summed E-state index contributed by atoms with van der Waals surface area (Å²) in [5, 5.41) is 5.52. The summed E-state index contributed by atoms with van der Waals surface area (Å²) >= 11 is 0. The molecule has 0 amide bonds. The van der Waals surface area contributed by atoms with Crippen molar-refractivity contribution in [2.75, 3.05) is 6.79 Å². The number of hydrogen-bond donors (Lipinski definition) is 0. The maximum atomic E-state index is 5.40. The zero-order valence-electron chi connectivity index (χ0n) is 10.8. The molecule has 3 heterocycles. The van der Waals surface area contributed by atoms with E-state index < -0.39 is 0 Å². The minimum Gasteiger partial charge on any atom is -0.454 e. The van der Waals surface area contributed by atoms with E-state index in [4.69, 9.17) is 9.47 Å². The molecule has 0 aliphatic carbocycles. The van der Waals surface area contributed by atoms with Gasteiger partial charge in [-0.05, 0) is 5.92 Å². The monoisotopic (exact) mass is 255 g/mol. The van der Waals surface area contributed by atoms with E-state index in [0.29, 0.717) is 5.92 Å². The molecule has 0 atom stereocenters. The minimum atomic E-state index is 0.266. The highest BCUT2D eigenvalue weighted by molar-refractivity contribution is 5.84. The van der Waals surface area contributed by atoms with Crippen molar-refractivity contribution in [1.29, 1.82) is 0 Å². The fourth-order valence-electron chi connectivity index (χ4n) is 2.50. The van der Waals surface area contributed by atoms with Gasteiger partial charge in [0.15, 0.2) is 17.1 Å². The van der Waals surface area contributed by atoms with Crippen LogP contribution in [0.2, 0.25) is 0 Å². The standard InChI is InChI=1S/C14H13N3O2/c1-7(2)13-8(3)14-15-9-4-11-12(19-6-18-11)5-10(9)17(14)16-13/h4-5,7H,3,6H2,1-2H3. The van der Waals surface area contributed by atoms with E-state index in [-0.39, 0.29) is 6.79 Å². The summed E-state index contributed by atoms with van der Waals surface area (Å²) in [6, 6.07) is 3.81. The molecule has 5 heteroatoms. The van der Waals surface area contributed by atoms with Gasteiger partial charge in [-0.3, -0.25) is 0 Å². The first-order valence-electron chi connectivity index (χ1n) is 6.26. The van der Waals surface area contributed by atoms with Gasteiger partial charge in [-0.15, -0.1) is 0 Å². The van der Waals surface area contributed by atoms with Gasteiger partial charge in [-0.2, -0.15) is 5.10 Å². The summed E-state index contributed by atoms with van der Waals surface area (Å²) in [4.78, 5) is 4.60. The second kappa shape index (κ2) is 3.38. The first-order chi connectivity index (χ1) is 9.15. The summed E-state index contributed by atoms with van der Waals surface area (Å²) in [6.45, 7) is 8.57. The lowest BCUT2D eigenvalue weighted by molar-refractivity contribution is 0.174. The van der Waals surface area contributed by atoms with Crippen molar-refractivity contribution in [3.8, 4) is 11.5 Å². The van der Waals surface area contributed by atoms with Crippen LogP contribution in [0.1, 0.15) is 25.5 Å². The number of fused-ring (bicyclic) bond motifs is 4. The number of ether oxygens (including phenoxy) is 2. The lowest BCUT2D eigenvalue weighted by Crippen LogP contribution is -2.05. The zero-order valence-corrected chi connectivity index (χ0v) is 10.8. The van der Waals surface area contributed by atoms with Crippen LogP contribution in [0.4, 0.5) is 0 Å².